The summed E-state index contributed by atoms with van der Waals surface area (Å²) < 4.78 is 160. The van der Waals surface area contributed by atoms with Crippen LogP contribution in [0.2, 0.25) is 0 Å². The maximum Gasteiger partial charge on any atom is 0.573 e. The van der Waals surface area contributed by atoms with E-state index in [2.05, 4.69) is 16.4 Å². The highest BCUT2D eigenvalue weighted by Crippen LogP contribution is 2.41. The van der Waals surface area contributed by atoms with Crippen LogP contribution in [0.25, 0.3) is 11.1 Å². The van der Waals surface area contributed by atoms with Gasteiger partial charge in [-0.25, -0.2) is 26.3 Å². The van der Waals surface area contributed by atoms with E-state index in [9.17, 15) is 48.3 Å². The lowest BCUT2D eigenvalue weighted by Gasteiger charge is -2.26. The summed E-state index contributed by atoms with van der Waals surface area (Å²) in [6.45, 7) is 2.06. The van der Waals surface area contributed by atoms with Crippen molar-refractivity contribution < 1.29 is 59.2 Å². The van der Waals surface area contributed by atoms with Gasteiger partial charge in [-0.05, 0) is 60.1 Å². The molecule has 0 N–H and O–H groups in total. The van der Waals surface area contributed by atoms with Gasteiger partial charge < -0.3 is 9.47 Å². The van der Waals surface area contributed by atoms with Crippen LogP contribution >= 0.6 is 0 Å². The summed E-state index contributed by atoms with van der Waals surface area (Å²) in [6, 6.07) is 2.25. The number of halogens is 11. The molecule has 0 aliphatic heterocycles. The van der Waals surface area contributed by atoms with Crippen LogP contribution in [0, 0.1) is 40.8 Å². The van der Waals surface area contributed by atoms with E-state index in [1.807, 2.05) is 0 Å². The maximum absolute atomic E-state index is 14.9. The van der Waals surface area contributed by atoms with Crippen molar-refractivity contribution in [3.8, 4) is 22.6 Å². The number of hydrogen-bond acceptors (Lipinski definition) is 2. The summed E-state index contributed by atoms with van der Waals surface area (Å²) in [7, 11) is 0. The summed E-state index contributed by atoms with van der Waals surface area (Å²) in [6.07, 6.45) is -7.40. The average molecular weight is 602 g/mol. The highest BCUT2D eigenvalue weighted by molar-refractivity contribution is 5.66. The summed E-state index contributed by atoms with van der Waals surface area (Å²) in [5, 5.41) is 0. The van der Waals surface area contributed by atoms with Crippen molar-refractivity contribution in [2.75, 3.05) is 0 Å². The molecule has 2 nitrogen and oxygen atoms in total. The highest BCUT2D eigenvalue weighted by atomic mass is 19.4. The minimum atomic E-state index is -5.52. The standard InChI is InChI=1S/C27H19F11O2.CH4.H2/c1-12-2-4-13(5-3-12)14-6-17(28)23(18(29)7-14)15-8-19(30)24(20(31)9-15)26(34,35)39-16-10-21(32)25(22(33)11-16)40-27(36,37)38;;/h6-13H,2-5H2,1H3;1H4;1H. The molecule has 0 amide bonds. The molecule has 0 spiro atoms. The molecule has 0 radical (unpaired) electrons. The van der Waals surface area contributed by atoms with Crippen LogP contribution in [-0.4, -0.2) is 6.36 Å². The van der Waals surface area contributed by atoms with Crippen LogP contribution in [0.3, 0.4) is 0 Å². The molecule has 1 aliphatic rings. The zero-order valence-electron chi connectivity index (χ0n) is 20.4. The molecule has 13 heteroatoms. The summed E-state index contributed by atoms with van der Waals surface area (Å²) in [4.78, 5) is 0. The van der Waals surface area contributed by atoms with Crippen LogP contribution in [0.15, 0.2) is 36.4 Å². The lowest BCUT2D eigenvalue weighted by atomic mass is 9.79. The first-order chi connectivity index (χ1) is 18.6. The molecule has 41 heavy (non-hydrogen) atoms. The van der Waals surface area contributed by atoms with Gasteiger partial charge in [-0.15, -0.1) is 13.2 Å². The summed E-state index contributed by atoms with van der Waals surface area (Å²) in [5.74, 6) is -13.7. The summed E-state index contributed by atoms with van der Waals surface area (Å²) >= 11 is 0. The molecule has 3 aromatic carbocycles. The van der Waals surface area contributed by atoms with E-state index in [0.717, 1.165) is 25.0 Å². The van der Waals surface area contributed by atoms with Crippen molar-refractivity contribution in [1.82, 2.24) is 0 Å². The van der Waals surface area contributed by atoms with Crippen molar-refractivity contribution in [3.05, 3.63) is 82.4 Å². The van der Waals surface area contributed by atoms with Gasteiger partial charge in [0.05, 0.1) is 5.56 Å². The lowest BCUT2D eigenvalue weighted by Crippen LogP contribution is -2.25. The largest absolute Gasteiger partial charge is 0.573 e. The molecule has 0 aromatic heterocycles. The first kappa shape index (κ1) is 32.0. The van der Waals surface area contributed by atoms with E-state index in [0.29, 0.717) is 24.3 Å². The van der Waals surface area contributed by atoms with Gasteiger partial charge in [0.15, 0.2) is 11.6 Å². The molecular weight excluding hydrogens is 577 g/mol. The predicted molar refractivity (Wildman–Crippen MR) is 128 cm³/mol. The molecule has 4 rings (SSSR count). The van der Waals surface area contributed by atoms with Crippen LogP contribution in [-0.2, 0) is 6.11 Å². The zero-order valence-corrected chi connectivity index (χ0v) is 20.4. The molecule has 1 fully saturated rings. The molecular formula is C28H25F11O2. The fourth-order valence-electron chi connectivity index (χ4n) is 4.70. The van der Waals surface area contributed by atoms with E-state index in [1.54, 1.807) is 0 Å². The van der Waals surface area contributed by atoms with Gasteiger partial charge in [0.1, 0.15) is 34.6 Å². The van der Waals surface area contributed by atoms with E-state index >= 15 is 0 Å². The minimum absolute atomic E-state index is 0. The van der Waals surface area contributed by atoms with Gasteiger partial charge in [-0.2, -0.15) is 8.78 Å². The Morgan fingerprint density at radius 2 is 1.15 bits per heavy atom. The fraction of sp³-hybridized carbons (Fsp3) is 0.357. The zero-order chi connectivity index (χ0) is 29.6. The smallest absolute Gasteiger partial charge is 0.429 e. The van der Waals surface area contributed by atoms with Crippen molar-refractivity contribution in [2.24, 2.45) is 5.92 Å². The van der Waals surface area contributed by atoms with Gasteiger partial charge in [-0.3, -0.25) is 0 Å². The quantitative estimate of drug-likeness (QED) is 0.262. The van der Waals surface area contributed by atoms with Crippen LogP contribution < -0.4 is 9.47 Å². The fourth-order valence-corrected chi connectivity index (χ4v) is 4.70. The van der Waals surface area contributed by atoms with Gasteiger partial charge >= 0.3 is 12.5 Å². The molecule has 0 atom stereocenters. The van der Waals surface area contributed by atoms with Crippen LogP contribution in [0.1, 0.15) is 58.5 Å². The van der Waals surface area contributed by atoms with Gasteiger partial charge in [0.2, 0.25) is 5.75 Å². The lowest BCUT2D eigenvalue weighted by molar-refractivity contribution is -0.276. The number of benzene rings is 3. The van der Waals surface area contributed by atoms with E-state index in [-0.39, 0.29) is 39.0 Å². The second kappa shape index (κ2) is 11.8. The number of ether oxygens (including phenoxy) is 2. The third-order valence-electron chi connectivity index (χ3n) is 6.61. The Morgan fingerprint density at radius 1 is 0.659 bits per heavy atom. The van der Waals surface area contributed by atoms with Crippen molar-refractivity contribution in [1.29, 1.82) is 0 Å². The molecule has 226 valence electrons. The second-order valence-electron chi connectivity index (χ2n) is 9.51. The van der Waals surface area contributed by atoms with Gasteiger partial charge in [0, 0.05) is 13.6 Å². The first-order valence-electron chi connectivity index (χ1n) is 11.9. The Hall–Kier alpha value is -3.51. The van der Waals surface area contributed by atoms with Crippen molar-refractivity contribution in [3.63, 3.8) is 0 Å². The Bertz CT molecular complexity index is 1350. The number of alkyl halides is 5. The molecule has 3 aromatic rings. The Kier molecular flexibility index (Phi) is 9.19. The van der Waals surface area contributed by atoms with Gasteiger partial charge in [-0.1, -0.05) is 27.2 Å². The minimum Gasteiger partial charge on any atom is -0.429 e. The normalized spacial score (nSPS) is 17.7. The third kappa shape index (κ3) is 7.05. The van der Waals surface area contributed by atoms with Gasteiger partial charge in [0.25, 0.3) is 0 Å². The third-order valence-corrected chi connectivity index (χ3v) is 6.61. The molecule has 1 saturated carbocycles. The molecule has 0 saturated heterocycles. The predicted octanol–water partition coefficient (Wildman–Crippen LogP) is 10.4. The molecule has 1 aliphatic carbocycles. The Balaban J connectivity index is 0.00000308. The number of rotatable bonds is 6. The highest BCUT2D eigenvalue weighted by Gasteiger charge is 2.42. The van der Waals surface area contributed by atoms with E-state index in [1.165, 1.54) is 0 Å². The first-order valence-corrected chi connectivity index (χ1v) is 11.9. The van der Waals surface area contributed by atoms with Crippen molar-refractivity contribution in [2.45, 2.75) is 58.4 Å². The topological polar surface area (TPSA) is 18.5 Å². The molecule has 0 bridgehead atoms. The average Bonchev–Trinajstić information content (AvgIpc) is 2.80. The summed E-state index contributed by atoms with van der Waals surface area (Å²) in [5.41, 5.74) is -3.35. The second-order valence-corrected chi connectivity index (χ2v) is 9.51. The van der Waals surface area contributed by atoms with Crippen molar-refractivity contribution >= 4 is 0 Å². The van der Waals surface area contributed by atoms with Crippen LogP contribution in [0.5, 0.6) is 11.5 Å². The maximum atomic E-state index is 14.9. The Morgan fingerprint density at radius 3 is 1.61 bits per heavy atom. The SMILES string of the molecule is C.CC1CCC(c2cc(F)c(-c3cc(F)c(C(F)(F)Oc4cc(F)c(OC(F)(F)F)c(F)c4)c(F)c3)c(F)c2)CC1.[HH]. The number of hydrogen-bond donors (Lipinski definition) is 0. The van der Waals surface area contributed by atoms with E-state index < -0.39 is 75.6 Å². The monoisotopic (exact) mass is 602 g/mol. The molecule has 0 unspecified atom stereocenters. The van der Waals surface area contributed by atoms with Crippen LogP contribution in [0.4, 0.5) is 48.3 Å². The molecule has 0 heterocycles. The Labute approximate surface area is 229 Å². The van der Waals surface area contributed by atoms with E-state index in [4.69, 9.17) is 0 Å².